The van der Waals surface area contributed by atoms with Crippen molar-refractivity contribution in [1.29, 1.82) is 0 Å². The monoisotopic (exact) mass is 1990 g/mol. The number of fused-ring (bicyclic) bond motifs is 2. The van der Waals surface area contributed by atoms with Crippen LogP contribution in [0.2, 0.25) is 0 Å². The van der Waals surface area contributed by atoms with E-state index in [1.807, 2.05) is 0 Å². The summed E-state index contributed by atoms with van der Waals surface area (Å²) in [6.45, 7) is 18.3. The predicted octanol–water partition coefficient (Wildman–Crippen LogP) is 22.9. The van der Waals surface area contributed by atoms with E-state index in [0.29, 0.717) is 62.2 Å². The van der Waals surface area contributed by atoms with Gasteiger partial charge in [0.15, 0.2) is 12.2 Å². The lowest BCUT2D eigenvalue weighted by Gasteiger charge is -2.42. The van der Waals surface area contributed by atoms with Gasteiger partial charge in [-0.2, -0.15) is 28.8 Å². The number of aliphatic hydroxyl groups is 4. The molecule has 0 amide bonds. The van der Waals surface area contributed by atoms with Gasteiger partial charge in [0, 0.05) is 51.7 Å². The molecule has 3 fully saturated rings. The molecular formula is C109H184O31. The lowest BCUT2D eigenvalue weighted by atomic mass is 9.62. The Labute approximate surface area is 835 Å². The second-order valence-corrected chi connectivity index (χ2v) is 37.1. The number of aliphatic carboxylic acids is 6. The van der Waals surface area contributed by atoms with Gasteiger partial charge in [-0.1, -0.05) is 308 Å². The molecule has 3 aliphatic carbocycles. The normalized spacial score (nSPS) is 21.1. The van der Waals surface area contributed by atoms with Crippen LogP contribution in [-0.4, -0.2) is 191 Å². The zero-order valence-corrected chi connectivity index (χ0v) is 86.2. The maximum Gasteiger partial charge on any atom is 0.373 e. The van der Waals surface area contributed by atoms with Gasteiger partial charge in [-0.15, -0.1) is 6.58 Å². The van der Waals surface area contributed by atoms with Crippen molar-refractivity contribution in [2.24, 2.45) is 53.3 Å². The molecule has 31 heteroatoms. The quantitative estimate of drug-likeness (QED) is 0.0164. The molecule has 11 unspecified atom stereocenters. The molecule has 0 bridgehead atoms. The minimum atomic E-state index is -1.03. The van der Waals surface area contributed by atoms with Crippen molar-refractivity contribution in [2.75, 3.05) is 26.4 Å². The first-order valence-electron chi connectivity index (χ1n) is 52.8. The van der Waals surface area contributed by atoms with Crippen molar-refractivity contribution in [3.63, 3.8) is 0 Å². The van der Waals surface area contributed by atoms with E-state index in [-0.39, 0.29) is 69.3 Å². The van der Waals surface area contributed by atoms with Crippen LogP contribution < -0.4 is 0 Å². The van der Waals surface area contributed by atoms with Crippen LogP contribution in [0.1, 0.15) is 438 Å². The third kappa shape index (κ3) is 78.9. The Balaban J connectivity index is -0.000000844. The predicted molar refractivity (Wildman–Crippen MR) is 532 cm³/mol. The van der Waals surface area contributed by atoms with Crippen LogP contribution in [0.25, 0.3) is 0 Å². The Morgan fingerprint density at radius 1 is 0.386 bits per heavy atom. The fourth-order valence-corrected chi connectivity index (χ4v) is 18.2. The summed E-state index contributed by atoms with van der Waals surface area (Å²) >= 11 is 0. The summed E-state index contributed by atoms with van der Waals surface area (Å²) in [5, 5.41) is 93.9. The molecule has 31 nitrogen and oxygen atoms in total. The van der Waals surface area contributed by atoms with Crippen molar-refractivity contribution >= 4 is 72.2 Å². The fraction of sp³-hybridized carbons (Fsp3) is 0.780. The third-order valence-corrected chi connectivity index (χ3v) is 25.7. The summed E-state index contributed by atoms with van der Waals surface area (Å²) in [5.41, 5.74) is 1.77. The van der Waals surface area contributed by atoms with Crippen LogP contribution in [0.3, 0.4) is 0 Å². The number of cyclic esters (lactones) is 2. The molecule has 7 rings (SSSR count). The van der Waals surface area contributed by atoms with E-state index in [4.69, 9.17) is 94.4 Å². The molecule has 0 saturated carbocycles. The first-order chi connectivity index (χ1) is 67.3. The second kappa shape index (κ2) is 97.8. The summed E-state index contributed by atoms with van der Waals surface area (Å²) in [5.74, 6) is 0.504. The number of carbonyl (C=O) groups excluding carboxylic acids is 8. The smallest absolute Gasteiger partial charge is 0.373 e. The number of allylic oxidation sites excluding steroid dienone is 7. The number of rotatable bonds is 65. The minimum absolute atomic E-state index is 0.0231. The SMILES string of the molecule is C=CCCCCC1C2=CC(CCCCCCCC(=O)O)C(CCCCCCCC(=O)O)CC2C=CC1CCCCCC.CC1OC(=O)C(C)OC1=O.CCC(=O)O.CCCCCCC1C=CC(CCCCCCCC(=O)O)C(CCCCCCCCCC(=O)O)C1CCCCCC.CCCCCCCCC(=O)O.O=C(O)c1ccco1.O=C=O.O=C=O.O=C=O.OCCCO.O[C@@H]1CO[C@H]2[C@@H]1OC[C@@H]2O. The van der Waals surface area contributed by atoms with Gasteiger partial charge >= 0.3 is 72.2 Å². The van der Waals surface area contributed by atoms with Gasteiger partial charge in [0.25, 0.3) is 0 Å². The third-order valence-electron chi connectivity index (χ3n) is 25.7. The Kier molecular flexibility index (Phi) is 96.1. The Morgan fingerprint density at radius 2 is 0.686 bits per heavy atom. The van der Waals surface area contributed by atoms with Crippen LogP contribution in [0.15, 0.2) is 71.4 Å². The zero-order valence-electron chi connectivity index (χ0n) is 86.2. The minimum Gasteiger partial charge on any atom is -0.481 e. The molecule has 11 N–H and O–H groups in total. The summed E-state index contributed by atoms with van der Waals surface area (Å²) in [4.78, 5) is 143. The highest BCUT2D eigenvalue weighted by Crippen LogP contribution is 2.49. The molecule has 0 radical (unpaired) electrons. The number of carboxylic acid groups (broad SMARTS) is 7. The number of furan rings is 1. The summed E-state index contributed by atoms with van der Waals surface area (Å²) in [6.07, 6.45) is 80.0. The van der Waals surface area contributed by atoms with E-state index in [0.717, 1.165) is 113 Å². The van der Waals surface area contributed by atoms with Gasteiger partial charge in [-0.25, -0.2) is 14.4 Å². The molecule has 6 aliphatic rings. The number of ether oxygens (including phenoxy) is 4. The molecule has 3 saturated heterocycles. The van der Waals surface area contributed by atoms with E-state index in [1.165, 1.54) is 283 Å². The average Bonchev–Trinajstić information content (AvgIpc) is 1.04. The van der Waals surface area contributed by atoms with Crippen LogP contribution >= 0.6 is 0 Å². The van der Waals surface area contributed by atoms with Crippen molar-refractivity contribution in [2.45, 2.75) is 464 Å². The number of aliphatic hydroxyl groups excluding tert-OH is 4. The number of unbranched alkanes of at least 4 members (excludes halogenated alkanes) is 34. The standard InChI is InChI=1S/C38H64O4.C36H66O4.C9H18O2.C6H10O4.C6H8O4.C5H4O3.C3H6O2.C3H8O2.3CO2/c1-3-5-7-15-21-31-27-28-34-29-32(22-16-11-9-13-19-25-37(39)40)33(23-17-12-10-14-20-26-38(41)42)30-36(34)35(31)24-18-8-6-4-2;1-3-5-7-17-23-31-29-30-32(24-18-13-12-16-22-28-36(39)40)34(33(31)25-19-8-6-4-2)26-20-14-10-9-11-15-21-27-35(37)38;1-2-3-4-5-6-7-8-9(10)11;7-3-1-9-6-4(8)2-10-5(3)6;1-3-5(7)10-4(2)6(8)9-3;6-5(7)4-2-1-3-8-4;1-2-3(4)5;4-2-1-3-5;3*2-1-3/h4,27-28,30-35H,2-3,5-26,29H2,1H3,(H,39,40)(H,41,42);29-34H,3-28H2,1-2H3,(H,37,38)(H,39,40);2-8H2,1H3,(H,10,11);3-8H,1-2H2;3-4H,1-2H3;1-3H,(H,6,7);2H2,1H3,(H,4,5);4-5H,1-3H2;;;/t;;;3-,4+,5-,6-;;;;;;;/m...1......./s1. The molecule has 1 aromatic rings. The Bertz CT molecular complexity index is 3380. The van der Waals surface area contributed by atoms with Crippen molar-refractivity contribution < 1.29 is 151 Å². The number of esters is 2. The molecule has 140 heavy (non-hydrogen) atoms. The molecule has 0 spiro atoms. The lowest BCUT2D eigenvalue weighted by molar-refractivity contribution is -0.193. The molecule has 0 aromatic carbocycles. The van der Waals surface area contributed by atoms with Crippen LogP contribution in [0.4, 0.5) is 0 Å². The number of hydrogen-bond donors (Lipinski definition) is 11. The van der Waals surface area contributed by atoms with Gasteiger partial charge in [-0.3, -0.25) is 28.8 Å². The van der Waals surface area contributed by atoms with Gasteiger partial charge < -0.3 is 79.5 Å². The Morgan fingerprint density at radius 3 is 0.986 bits per heavy atom. The highest BCUT2D eigenvalue weighted by molar-refractivity contribution is 5.87. The van der Waals surface area contributed by atoms with Gasteiger partial charge in [0.05, 0.1) is 19.5 Å². The molecule has 4 heterocycles. The van der Waals surface area contributed by atoms with Crippen molar-refractivity contribution in [3.8, 4) is 0 Å². The summed E-state index contributed by atoms with van der Waals surface area (Å²) < 4.78 is 23.8. The largest absolute Gasteiger partial charge is 0.481 e. The molecule has 1 aromatic heterocycles. The second-order valence-electron chi connectivity index (χ2n) is 37.1. The van der Waals surface area contributed by atoms with Crippen LogP contribution in [-0.2, 0) is 86.1 Å². The van der Waals surface area contributed by atoms with Gasteiger partial charge in [0.1, 0.15) is 24.4 Å². The lowest BCUT2D eigenvalue weighted by Crippen LogP contribution is -2.40. The van der Waals surface area contributed by atoms with Crippen molar-refractivity contribution in [1.82, 2.24) is 0 Å². The first-order valence-corrected chi connectivity index (χ1v) is 52.8. The highest BCUT2D eigenvalue weighted by atomic mass is 16.6. The Hall–Kier alpha value is -8.63. The molecule has 806 valence electrons. The summed E-state index contributed by atoms with van der Waals surface area (Å²) in [6, 6.07) is 2.92. The highest BCUT2D eigenvalue weighted by Gasteiger charge is 2.46. The number of carboxylic acids is 7. The first kappa shape index (κ1) is 138. The van der Waals surface area contributed by atoms with E-state index < -0.39 is 78.1 Å². The number of hydrogen-bond acceptors (Lipinski definition) is 24. The molecular weight excluding hydrogens is 1810 g/mol. The van der Waals surface area contributed by atoms with Gasteiger partial charge in [0.2, 0.25) is 5.76 Å². The molecule has 3 aliphatic heterocycles. The zero-order chi connectivity index (χ0) is 106. The summed E-state index contributed by atoms with van der Waals surface area (Å²) in [7, 11) is 0. The van der Waals surface area contributed by atoms with E-state index in [2.05, 4.69) is 84.6 Å². The molecule has 15 atom stereocenters. The number of carbonyl (C=O) groups is 9. The van der Waals surface area contributed by atoms with E-state index in [1.54, 1.807) is 12.5 Å². The van der Waals surface area contributed by atoms with Crippen LogP contribution in [0.5, 0.6) is 0 Å². The number of aromatic carboxylic acids is 1. The maximum atomic E-state index is 10.8. The topological polar surface area (TPSA) is 529 Å². The van der Waals surface area contributed by atoms with E-state index >= 15 is 0 Å². The van der Waals surface area contributed by atoms with Crippen molar-refractivity contribution in [3.05, 3.63) is 72.8 Å². The van der Waals surface area contributed by atoms with Crippen LogP contribution in [0, 0.1) is 53.3 Å². The van der Waals surface area contributed by atoms with E-state index in [9.17, 15) is 43.2 Å². The maximum absolute atomic E-state index is 10.8. The average molecular weight is 1990 g/mol. The fourth-order valence-electron chi connectivity index (χ4n) is 18.2. The van der Waals surface area contributed by atoms with Gasteiger partial charge in [-0.05, 0) is 188 Å².